The highest BCUT2D eigenvalue weighted by molar-refractivity contribution is 7.17. The lowest BCUT2D eigenvalue weighted by atomic mass is 10.1. The summed E-state index contributed by atoms with van der Waals surface area (Å²) in [6.07, 6.45) is 0. The van der Waals surface area contributed by atoms with Crippen molar-refractivity contribution in [3.05, 3.63) is 40.4 Å². The second-order valence-corrected chi connectivity index (χ2v) is 5.29. The summed E-state index contributed by atoms with van der Waals surface area (Å²) < 4.78 is 4.93. The first kappa shape index (κ1) is 14.4. The van der Waals surface area contributed by atoms with Crippen LogP contribution in [0.15, 0.2) is 24.3 Å². The van der Waals surface area contributed by atoms with E-state index in [9.17, 15) is 9.59 Å². The number of rotatable bonds is 4. The lowest BCUT2D eigenvalue weighted by molar-refractivity contribution is 0.0526. The van der Waals surface area contributed by atoms with Crippen molar-refractivity contribution < 1.29 is 14.3 Å². The molecule has 0 fully saturated rings. The maximum Gasteiger partial charge on any atom is 0.338 e. The fourth-order valence-corrected chi connectivity index (χ4v) is 2.78. The van der Waals surface area contributed by atoms with Gasteiger partial charge < -0.3 is 4.74 Å². The Hall–Kier alpha value is -2.01. The Bertz CT molecular complexity index is 644. The molecule has 0 N–H and O–H groups in total. The highest BCUT2D eigenvalue weighted by Crippen LogP contribution is 2.28. The van der Waals surface area contributed by atoms with E-state index in [0.29, 0.717) is 17.0 Å². The monoisotopic (exact) mass is 289 g/mol. The number of thiazole rings is 1. The van der Waals surface area contributed by atoms with Crippen LogP contribution in [0.1, 0.15) is 39.6 Å². The van der Waals surface area contributed by atoms with Crippen molar-refractivity contribution >= 4 is 23.1 Å². The fourth-order valence-electron chi connectivity index (χ4n) is 1.81. The van der Waals surface area contributed by atoms with Crippen molar-refractivity contribution in [1.29, 1.82) is 0 Å². The molecule has 20 heavy (non-hydrogen) atoms. The van der Waals surface area contributed by atoms with E-state index in [1.807, 2.05) is 19.1 Å². The quantitative estimate of drug-likeness (QED) is 0.638. The Balaban J connectivity index is 2.28. The molecule has 0 radical (unpaired) electrons. The van der Waals surface area contributed by atoms with Gasteiger partial charge in [0.15, 0.2) is 5.78 Å². The highest BCUT2D eigenvalue weighted by atomic mass is 32.1. The van der Waals surface area contributed by atoms with Crippen molar-refractivity contribution in [2.45, 2.75) is 20.8 Å². The van der Waals surface area contributed by atoms with Crippen molar-refractivity contribution in [3.63, 3.8) is 0 Å². The van der Waals surface area contributed by atoms with E-state index >= 15 is 0 Å². The number of Topliss-reactive ketones (excluding diaryl/α,β-unsaturated/α-hetero) is 1. The number of hydrogen-bond acceptors (Lipinski definition) is 5. The molecule has 0 unspecified atom stereocenters. The highest BCUT2D eigenvalue weighted by Gasteiger charge is 2.13. The predicted octanol–water partition coefficient (Wildman–Crippen LogP) is 3.50. The van der Waals surface area contributed by atoms with E-state index in [4.69, 9.17) is 4.74 Å². The van der Waals surface area contributed by atoms with E-state index < -0.39 is 0 Å². The predicted molar refractivity (Wildman–Crippen MR) is 78.2 cm³/mol. The molecule has 0 saturated carbocycles. The Morgan fingerprint density at radius 2 is 1.90 bits per heavy atom. The van der Waals surface area contributed by atoms with Crippen LogP contribution in [0.4, 0.5) is 0 Å². The molecule has 0 atom stereocenters. The Morgan fingerprint density at radius 3 is 2.40 bits per heavy atom. The van der Waals surface area contributed by atoms with Gasteiger partial charge in [0.05, 0.1) is 22.7 Å². The summed E-state index contributed by atoms with van der Waals surface area (Å²) >= 11 is 1.37. The lowest BCUT2D eigenvalue weighted by Gasteiger charge is -2.02. The van der Waals surface area contributed by atoms with E-state index in [-0.39, 0.29) is 11.8 Å². The molecular formula is C15H15NO3S. The second-order valence-electron chi connectivity index (χ2n) is 4.29. The molecule has 2 aromatic rings. The zero-order chi connectivity index (χ0) is 14.7. The lowest BCUT2D eigenvalue weighted by Crippen LogP contribution is -2.03. The molecule has 1 heterocycles. The van der Waals surface area contributed by atoms with Gasteiger partial charge in [-0.1, -0.05) is 12.1 Å². The van der Waals surface area contributed by atoms with Crippen LogP contribution in [0.2, 0.25) is 0 Å². The number of aryl methyl sites for hydroxylation is 1. The first-order chi connectivity index (χ1) is 9.52. The molecule has 0 amide bonds. The third-order valence-electron chi connectivity index (χ3n) is 2.76. The van der Waals surface area contributed by atoms with Crippen molar-refractivity contribution in [1.82, 2.24) is 4.98 Å². The summed E-state index contributed by atoms with van der Waals surface area (Å²) in [5.74, 6) is -0.312. The average Bonchev–Trinajstić information content (AvgIpc) is 2.81. The Morgan fingerprint density at radius 1 is 1.25 bits per heavy atom. The van der Waals surface area contributed by atoms with Gasteiger partial charge >= 0.3 is 5.97 Å². The SMILES string of the molecule is CCOC(=O)c1ccc(-c2nc(C)c(C(C)=O)s2)cc1. The normalized spacial score (nSPS) is 10.3. The van der Waals surface area contributed by atoms with Gasteiger partial charge in [-0.05, 0) is 26.0 Å². The third-order valence-corrected chi connectivity index (χ3v) is 4.07. The van der Waals surface area contributed by atoms with Crippen LogP contribution in [0.3, 0.4) is 0 Å². The summed E-state index contributed by atoms with van der Waals surface area (Å²) in [5.41, 5.74) is 2.14. The van der Waals surface area contributed by atoms with Crippen molar-refractivity contribution in [2.24, 2.45) is 0 Å². The minimum Gasteiger partial charge on any atom is -0.462 e. The van der Waals surface area contributed by atoms with Gasteiger partial charge in [0.1, 0.15) is 5.01 Å². The van der Waals surface area contributed by atoms with Gasteiger partial charge in [-0.3, -0.25) is 4.79 Å². The molecule has 0 spiro atoms. The summed E-state index contributed by atoms with van der Waals surface area (Å²) in [7, 11) is 0. The van der Waals surface area contributed by atoms with Gasteiger partial charge in [-0.2, -0.15) is 0 Å². The smallest absolute Gasteiger partial charge is 0.338 e. The number of aromatic nitrogens is 1. The van der Waals surface area contributed by atoms with Crippen LogP contribution in [0.25, 0.3) is 10.6 Å². The summed E-state index contributed by atoms with van der Waals surface area (Å²) in [6, 6.07) is 7.04. The van der Waals surface area contributed by atoms with Gasteiger partial charge in [0.2, 0.25) is 0 Å². The summed E-state index contributed by atoms with van der Waals surface area (Å²) in [4.78, 5) is 28.1. The first-order valence-corrected chi connectivity index (χ1v) is 7.10. The molecule has 0 aliphatic heterocycles. The zero-order valence-electron chi connectivity index (χ0n) is 11.6. The number of nitrogens with zero attached hydrogens (tertiary/aromatic N) is 1. The Labute approximate surface area is 121 Å². The maximum absolute atomic E-state index is 11.6. The summed E-state index contributed by atoms with van der Waals surface area (Å²) in [6.45, 7) is 5.49. The number of esters is 1. The third kappa shape index (κ3) is 2.93. The van der Waals surface area contributed by atoms with Crippen molar-refractivity contribution in [3.8, 4) is 10.6 Å². The number of hydrogen-bond donors (Lipinski definition) is 0. The zero-order valence-corrected chi connectivity index (χ0v) is 12.4. The summed E-state index contributed by atoms with van der Waals surface area (Å²) in [5, 5.41) is 0.781. The largest absolute Gasteiger partial charge is 0.462 e. The first-order valence-electron chi connectivity index (χ1n) is 6.28. The van der Waals surface area contributed by atoms with E-state index in [1.165, 1.54) is 18.3 Å². The number of benzene rings is 1. The Kier molecular flexibility index (Phi) is 4.29. The minimum atomic E-state index is -0.334. The van der Waals surface area contributed by atoms with Gasteiger partial charge in [0, 0.05) is 12.5 Å². The standard InChI is InChI=1S/C15H15NO3S/c1-4-19-15(18)12-7-5-11(6-8-12)14-16-9(2)13(20-14)10(3)17/h5-8H,4H2,1-3H3. The van der Waals surface area contributed by atoms with Gasteiger partial charge in [-0.25, -0.2) is 9.78 Å². The van der Waals surface area contributed by atoms with Crippen LogP contribution in [0, 0.1) is 6.92 Å². The van der Waals surface area contributed by atoms with Crippen LogP contribution in [-0.2, 0) is 4.74 Å². The maximum atomic E-state index is 11.6. The average molecular weight is 289 g/mol. The molecule has 1 aromatic heterocycles. The molecular weight excluding hydrogens is 274 g/mol. The molecule has 0 saturated heterocycles. The van der Waals surface area contributed by atoms with Crippen LogP contribution < -0.4 is 0 Å². The fraction of sp³-hybridized carbons (Fsp3) is 0.267. The molecule has 1 aromatic carbocycles. The van der Waals surface area contributed by atoms with Crippen LogP contribution in [0.5, 0.6) is 0 Å². The van der Waals surface area contributed by atoms with E-state index in [2.05, 4.69) is 4.98 Å². The minimum absolute atomic E-state index is 0.0226. The molecule has 0 bridgehead atoms. The van der Waals surface area contributed by atoms with Gasteiger partial charge in [0.25, 0.3) is 0 Å². The van der Waals surface area contributed by atoms with Crippen LogP contribution >= 0.6 is 11.3 Å². The molecule has 5 heteroatoms. The number of ketones is 1. The number of carbonyl (C=O) groups excluding carboxylic acids is 2. The molecule has 2 rings (SSSR count). The number of ether oxygens (including phenoxy) is 1. The second kappa shape index (κ2) is 5.96. The van der Waals surface area contributed by atoms with Crippen LogP contribution in [-0.4, -0.2) is 23.3 Å². The molecule has 0 aliphatic rings. The molecule has 104 valence electrons. The number of carbonyl (C=O) groups is 2. The molecule has 0 aliphatic carbocycles. The topological polar surface area (TPSA) is 56.3 Å². The van der Waals surface area contributed by atoms with Gasteiger partial charge in [-0.15, -0.1) is 11.3 Å². The van der Waals surface area contributed by atoms with Crippen molar-refractivity contribution in [2.75, 3.05) is 6.61 Å². The van der Waals surface area contributed by atoms with E-state index in [1.54, 1.807) is 19.1 Å². The molecule has 4 nitrogen and oxygen atoms in total. The van der Waals surface area contributed by atoms with E-state index in [0.717, 1.165) is 16.3 Å².